The van der Waals surface area contributed by atoms with Gasteiger partial charge in [-0.05, 0) is 53.4 Å². The molecule has 0 bridgehead atoms. The lowest BCUT2D eigenvalue weighted by Crippen LogP contribution is -2.33. The highest BCUT2D eigenvalue weighted by atomic mass is 28.2. The van der Waals surface area contributed by atoms with E-state index in [9.17, 15) is 0 Å². The third-order valence-corrected chi connectivity index (χ3v) is 9.49. The van der Waals surface area contributed by atoms with E-state index < -0.39 is 19.0 Å². The average Bonchev–Trinajstić information content (AvgIpc) is 2.63. The molecule has 0 fully saturated rings. The van der Waals surface area contributed by atoms with E-state index in [4.69, 9.17) is 18.9 Å². The van der Waals surface area contributed by atoms with Crippen LogP contribution in [0.5, 0.6) is 0 Å². The van der Waals surface area contributed by atoms with Crippen LogP contribution < -0.4 is 0 Å². The van der Waals surface area contributed by atoms with Crippen LogP contribution in [0.1, 0.15) is 81.1 Å². The molecule has 158 valence electrons. The SMILES string of the molecule is CCC(C)OC(OC(C)CC)[SiH2]CC[SiH2]C(OC(C)CC)OC(C)CC. The van der Waals surface area contributed by atoms with Gasteiger partial charge in [0.25, 0.3) is 0 Å². The highest BCUT2D eigenvalue weighted by Gasteiger charge is 2.19. The summed E-state index contributed by atoms with van der Waals surface area (Å²) in [5, 5.41) is 0. The molecule has 0 aliphatic heterocycles. The van der Waals surface area contributed by atoms with Crippen molar-refractivity contribution >= 4 is 19.0 Å². The van der Waals surface area contributed by atoms with Crippen LogP contribution in [-0.4, -0.2) is 55.3 Å². The summed E-state index contributed by atoms with van der Waals surface area (Å²) in [5.74, 6) is 0.108. The molecule has 4 nitrogen and oxygen atoms in total. The highest BCUT2D eigenvalue weighted by Crippen LogP contribution is 2.12. The van der Waals surface area contributed by atoms with Gasteiger partial charge in [0, 0.05) is 0 Å². The van der Waals surface area contributed by atoms with Crippen molar-refractivity contribution in [2.75, 3.05) is 0 Å². The molecule has 0 saturated carbocycles. The largest absolute Gasteiger partial charge is 0.354 e. The van der Waals surface area contributed by atoms with E-state index in [0.29, 0.717) is 0 Å². The molecule has 0 saturated heterocycles. The first-order valence-electron chi connectivity index (χ1n) is 11.0. The van der Waals surface area contributed by atoms with Crippen molar-refractivity contribution in [1.29, 1.82) is 0 Å². The second-order valence-electron chi connectivity index (χ2n) is 7.56. The Morgan fingerprint density at radius 2 is 0.731 bits per heavy atom. The van der Waals surface area contributed by atoms with Crippen LogP contribution in [0.25, 0.3) is 0 Å². The molecule has 0 heterocycles. The molecular weight excluding hydrogens is 360 g/mol. The molecule has 0 N–H and O–H groups in total. The zero-order valence-electron chi connectivity index (χ0n) is 18.8. The standard InChI is InChI=1S/C20H46O4Si2/c1-9-15(5)21-19(22-16(6)10-2)25-13-14-26-20(23-17(7)11-3)24-18(8)12-4/h15-20H,9-14,25-26H2,1-8H3. The van der Waals surface area contributed by atoms with Crippen LogP contribution in [0, 0.1) is 0 Å². The molecule has 0 rings (SSSR count). The van der Waals surface area contributed by atoms with Gasteiger partial charge in [-0.3, -0.25) is 0 Å². The Balaban J connectivity index is 4.39. The van der Waals surface area contributed by atoms with Gasteiger partial charge in [-0.15, -0.1) is 0 Å². The fraction of sp³-hybridized carbons (Fsp3) is 1.00. The monoisotopic (exact) mass is 406 g/mol. The summed E-state index contributed by atoms with van der Waals surface area (Å²) in [5.41, 5.74) is 0. The molecule has 26 heavy (non-hydrogen) atoms. The van der Waals surface area contributed by atoms with Crippen molar-refractivity contribution in [3.8, 4) is 0 Å². The fourth-order valence-corrected chi connectivity index (χ4v) is 7.21. The number of ether oxygens (including phenoxy) is 4. The van der Waals surface area contributed by atoms with Crippen LogP contribution in [0.3, 0.4) is 0 Å². The Kier molecular flexibility index (Phi) is 16.4. The summed E-state index contributed by atoms with van der Waals surface area (Å²) in [4.78, 5) is 0. The minimum atomic E-state index is -0.407. The van der Waals surface area contributed by atoms with Gasteiger partial charge < -0.3 is 18.9 Å². The Morgan fingerprint density at radius 3 is 0.923 bits per heavy atom. The average molecular weight is 407 g/mol. The molecule has 0 amide bonds. The molecule has 0 spiro atoms. The lowest BCUT2D eigenvalue weighted by molar-refractivity contribution is -0.144. The van der Waals surface area contributed by atoms with E-state index in [-0.39, 0.29) is 36.2 Å². The Morgan fingerprint density at radius 1 is 0.500 bits per heavy atom. The summed E-state index contributed by atoms with van der Waals surface area (Å²) in [6.07, 6.45) is 5.28. The maximum absolute atomic E-state index is 6.14. The van der Waals surface area contributed by atoms with Crippen LogP contribution in [0.15, 0.2) is 0 Å². The predicted molar refractivity (Wildman–Crippen MR) is 118 cm³/mol. The first-order chi connectivity index (χ1) is 12.4. The van der Waals surface area contributed by atoms with Gasteiger partial charge in [0.2, 0.25) is 0 Å². The second-order valence-corrected chi connectivity index (χ2v) is 11.5. The number of hydrogen-bond acceptors (Lipinski definition) is 4. The minimum Gasteiger partial charge on any atom is -0.354 e. The smallest absolute Gasteiger partial charge is 0.135 e. The normalized spacial score (nSPS) is 19.8. The van der Waals surface area contributed by atoms with Gasteiger partial charge in [0.05, 0.1) is 43.5 Å². The highest BCUT2D eigenvalue weighted by molar-refractivity contribution is 6.43. The third kappa shape index (κ3) is 13.4. The van der Waals surface area contributed by atoms with Crippen molar-refractivity contribution in [3.05, 3.63) is 0 Å². The zero-order chi connectivity index (χ0) is 19.9. The van der Waals surface area contributed by atoms with Crippen molar-refractivity contribution in [2.24, 2.45) is 0 Å². The van der Waals surface area contributed by atoms with E-state index in [1.54, 1.807) is 0 Å². The van der Waals surface area contributed by atoms with Gasteiger partial charge in [0.1, 0.15) is 11.8 Å². The third-order valence-electron chi connectivity index (χ3n) is 4.97. The quantitative estimate of drug-likeness (QED) is 0.208. The Labute approximate surface area is 167 Å². The van der Waals surface area contributed by atoms with Crippen LogP contribution in [0.4, 0.5) is 0 Å². The van der Waals surface area contributed by atoms with Crippen LogP contribution in [-0.2, 0) is 18.9 Å². The van der Waals surface area contributed by atoms with Crippen molar-refractivity contribution in [3.63, 3.8) is 0 Å². The van der Waals surface area contributed by atoms with Crippen molar-refractivity contribution in [1.82, 2.24) is 0 Å². The molecule has 4 unspecified atom stereocenters. The second kappa shape index (κ2) is 16.2. The van der Waals surface area contributed by atoms with Gasteiger partial charge in [0.15, 0.2) is 0 Å². The summed E-state index contributed by atoms with van der Waals surface area (Å²) in [6.45, 7) is 17.3. The molecule has 0 aromatic heterocycles. The maximum atomic E-state index is 6.14. The topological polar surface area (TPSA) is 36.9 Å². The number of rotatable bonds is 17. The van der Waals surface area contributed by atoms with Gasteiger partial charge >= 0.3 is 0 Å². The molecule has 0 aromatic carbocycles. The van der Waals surface area contributed by atoms with Crippen LogP contribution in [0.2, 0.25) is 12.1 Å². The predicted octanol–water partition coefficient (Wildman–Crippen LogP) is 3.99. The molecule has 0 aromatic rings. The van der Waals surface area contributed by atoms with E-state index in [1.165, 1.54) is 12.1 Å². The van der Waals surface area contributed by atoms with Crippen LogP contribution >= 0.6 is 0 Å². The van der Waals surface area contributed by atoms with Gasteiger partial charge in [-0.1, -0.05) is 39.8 Å². The molecule has 4 atom stereocenters. The van der Waals surface area contributed by atoms with E-state index in [0.717, 1.165) is 25.7 Å². The summed E-state index contributed by atoms with van der Waals surface area (Å²) >= 11 is 0. The summed E-state index contributed by atoms with van der Waals surface area (Å²) in [6, 6.07) is 2.52. The maximum Gasteiger partial charge on any atom is 0.135 e. The number of hydrogen-bond donors (Lipinski definition) is 0. The van der Waals surface area contributed by atoms with E-state index in [2.05, 4.69) is 55.4 Å². The lowest BCUT2D eigenvalue weighted by atomic mass is 10.3. The molecule has 0 aliphatic carbocycles. The molecule has 6 heteroatoms. The Bertz CT molecular complexity index is 266. The Hall–Kier alpha value is 0.274. The van der Waals surface area contributed by atoms with E-state index in [1.807, 2.05) is 0 Å². The first kappa shape index (κ1) is 26.3. The van der Waals surface area contributed by atoms with Crippen molar-refractivity contribution in [2.45, 2.75) is 129 Å². The molecule has 0 radical (unpaired) electrons. The van der Waals surface area contributed by atoms with Gasteiger partial charge in [-0.2, -0.15) is 0 Å². The minimum absolute atomic E-state index is 0.0540. The zero-order valence-corrected chi connectivity index (χ0v) is 21.6. The van der Waals surface area contributed by atoms with Crippen molar-refractivity contribution < 1.29 is 18.9 Å². The fourth-order valence-electron chi connectivity index (χ4n) is 2.38. The first-order valence-corrected chi connectivity index (χ1v) is 14.6. The van der Waals surface area contributed by atoms with E-state index >= 15 is 0 Å². The van der Waals surface area contributed by atoms with Gasteiger partial charge in [-0.25, -0.2) is 0 Å². The summed E-state index contributed by atoms with van der Waals surface area (Å²) in [7, 11) is -0.815. The molecular formula is C20H46O4Si2. The molecule has 0 aliphatic rings. The lowest BCUT2D eigenvalue weighted by Gasteiger charge is -2.26. The summed E-state index contributed by atoms with van der Waals surface area (Å²) < 4.78 is 24.5.